The Bertz CT molecular complexity index is 1050. The van der Waals surface area contributed by atoms with E-state index in [1.165, 1.54) is 7.11 Å². The molecule has 2 saturated heterocycles. The van der Waals surface area contributed by atoms with Gasteiger partial charge in [-0.2, -0.15) is 0 Å². The number of urea groups is 1. The molecule has 2 aromatic carbocycles. The Morgan fingerprint density at radius 1 is 1.00 bits per heavy atom. The first-order chi connectivity index (χ1) is 16.0. The van der Waals surface area contributed by atoms with E-state index in [1.54, 1.807) is 49.5 Å². The van der Waals surface area contributed by atoms with E-state index in [0.717, 1.165) is 23.3 Å². The average Bonchev–Trinajstić information content (AvgIpc) is 3.43. The van der Waals surface area contributed by atoms with Gasteiger partial charge in [0, 0.05) is 18.2 Å². The summed E-state index contributed by atoms with van der Waals surface area (Å²) in [5.74, 6) is 1.30. The van der Waals surface area contributed by atoms with Crippen LogP contribution in [0.4, 0.5) is 10.5 Å². The van der Waals surface area contributed by atoms with E-state index < -0.39 is 18.0 Å². The third-order valence-corrected chi connectivity index (χ3v) is 6.10. The van der Waals surface area contributed by atoms with Crippen LogP contribution in [0, 0.1) is 0 Å². The molecule has 2 atom stereocenters. The number of hydrogen-bond acceptors (Lipinski definition) is 6. The first-order valence-corrected chi connectivity index (χ1v) is 10.8. The number of nitrogens with zero attached hydrogens (tertiary/aromatic N) is 2. The maximum Gasteiger partial charge on any atom is 0.329 e. The van der Waals surface area contributed by atoms with Crippen LogP contribution in [0.2, 0.25) is 0 Å². The standard InChI is InChI=1S/C24H27N3O6/c1-31-16-8-6-15(7-9-16)27-23(29)19(25-24(27)30)14-22(28)26-12-4-5-20(26)18-11-10-17(32-2)13-21(18)33-3/h6-11,13,19-20H,4-5,12,14H2,1-3H3,(H,25,30)/t19-,20?/m0/s1. The summed E-state index contributed by atoms with van der Waals surface area (Å²) in [6.07, 6.45) is 1.53. The molecule has 1 N–H and O–H groups in total. The summed E-state index contributed by atoms with van der Waals surface area (Å²) in [7, 11) is 4.71. The van der Waals surface area contributed by atoms with Gasteiger partial charge in [-0.05, 0) is 49.2 Å². The summed E-state index contributed by atoms with van der Waals surface area (Å²) in [5.41, 5.74) is 1.32. The Balaban J connectivity index is 1.48. The Kier molecular flexibility index (Phi) is 6.39. The number of carbonyl (C=O) groups is 3. The van der Waals surface area contributed by atoms with Crippen LogP contribution in [0.3, 0.4) is 0 Å². The van der Waals surface area contributed by atoms with Crippen molar-refractivity contribution in [2.24, 2.45) is 0 Å². The van der Waals surface area contributed by atoms with Crippen molar-refractivity contribution in [1.29, 1.82) is 0 Å². The fourth-order valence-corrected chi connectivity index (χ4v) is 4.42. The first kappa shape index (κ1) is 22.4. The molecule has 2 aromatic rings. The van der Waals surface area contributed by atoms with Gasteiger partial charge >= 0.3 is 6.03 Å². The van der Waals surface area contributed by atoms with Crippen LogP contribution in [0.5, 0.6) is 17.2 Å². The lowest BCUT2D eigenvalue weighted by Gasteiger charge is -2.27. The third kappa shape index (κ3) is 4.30. The monoisotopic (exact) mass is 453 g/mol. The number of ether oxygens (including phenoxy) is 3. The van der Waals surface area contributed by atoms with E-state index in [1.807, 2.05) is 12.1 Å². The summed E-state index contributed by atoms with van der Waals surface area (Å²) in [6.45, 7) is 0.579. The first-order valence-electron chi connectivity index (χ1n) is 10.8. The van der Waals surface area contributed by atoms with Gasteiger partial charge in [-0.25, -0.2) is 9.69 Å². The highest BCUT2D eigenvalue weighted by Gasteiger charge is 2.42. The Hall–Kier alpha value is -3.75. The van der Waals surface area contributed by atoms with Crippen LogP contribution in [-0.4, -0.2) is 56.7 Å². The second-order valence-corrected chi connectivity index (χ2v) is 7.93. The summed E-state index contributed by atoms with van der Waals surface area (Å²) in [4.78, 5) is 41.5. The van der Waals surface area contributed by atoms with Gasteiger partial charge < -0.3 is 24.4 Å². The molecule has 0 spiro atoms. The molecule has 2 aliphatic rings. The Labute approximate surface area is 192 Å². The van der Waals surface area contributed by atoms with Crippen molar-refractivity contribution >= 4 is 23.5 Å². The molecule has 2 fully saturated rings. The minimum absolute atomic E-state index is 0.105. The predicted molar refractivity (Wildman–Crippen MR) is 121 cm³/mol. The van der Waals surface area contributed by atoms with Gasteiger partial charge in [0.25, 0.3) is 5.91 Å². The van der Waals surface area contributed by atoms with Crippen molar-refractivity contribution in [3.63, 3.8) is 0 Å². The van der Waals surface area contributed by atoms with Gasteiger partial charge in [0.15, 0.2) is 0 Å². The zero-order valence-corrected chi connectivity index (χ0v) is 18.9. The van der Waals surface area contributed by atoms with Crippen LogP contribution < -0.4 is 24.4 Å². The number of likely N-dealkylation sites (tertiary alicyclic amines) is 1. The molecule has 174 valence electrons. The lowest BCUT2D eigenvalue weighted by atomic mass is 10.0. The van der Waals surface area contributed by atoms with Crippen LogP contribution in [0.1, 0.15) is 30.9 Å². The maximum atomic E-state index is 13.2. The molecular formula is C24H27N3O6. The number of imide groups is 1. The molecule has 9 heteroatoms. The fourth-order valence-electron chi connectivity index (χ4n) is 4.42. The quantitative estimate of drug-likeness (QED) is 0.648. The fraction of sp³-hybridized carbons (Fsp3) is 0.375. The number of benzene rings is 2. The van der Waals surface area contributed by atoms with E-state index in [9.17, 15) is 14.4 Å². The molecular weight excluding hydrogens is 426 g/mol. The molecule has 0 aromatic heterocycles. The molecule has 0 aliphatic carbocycles. The van der Waals surface area contributed by atoms with E-state index in [0.29, 0.717) is 29.5 Å². The maximum absolute atomic E-state index is 13.2. The van der Waals surface area contributed by atoms with Gasteiger partial charge in [-0.15, -0.1) is 0 Å². The number of carbonyl (C=O) groups excluding carboxylic acids is 3. The second-order valence-electron chi connectivity index (χ2n) is 7.93. The van der Waals surface area contributed by atoms with E-state index in [4.69, 9.17) is 14.2 Å². The minimum Gasteiger partial charge on any atom is -0.497 e. The molecule has 0 bridgehead atoms. The molecule has 33 heavy (non-hydrogen) atoms. The van der Waals surface area contributed by atoms with Gasteiger partial charge in [-0.3, -0.25) is 9.59 Å². The molecule has 4 rings (SSSR count). The summed E-state index contributed by atoms with van der Waals surface area (Å²) >= 11 is 0. The number of methoxy groups -OCH3 is 3. The summed E-state index contributed by atoms with van der Waals surface area (Å²) in [5, 5.41) is 2.64. The highest BCUT2D eigenvalue weighted by atomic mass is 16.5. The molecule has 9 nitrogen and oxygen atoms in total. The Morgan fingerprint density at radius 3 is 2.36 bits per heavy atom. The molecule has 1 unspecified atom stereocenters. The van der Waals surface area contributed by atoms with Gasteiger partial charge in [0.1, 0.15) is 23.3 Å². The molecule has 2 aliphatic heterocycles. The van der Waals surface area contributed by atoms with Crippen molar-refractivity contribution in [3.05, 3.63) is 48.0 Å². The Morgan fingerprint density at radius 2 is 1.70 bits per heavy atom. The van der Waals surface area contributed by atoms with E-state index in [2.05, 4.69) is 5.32 Å². The zero-order chi connectivity index (χ0) is 23.5. The minimum atomic E-state index is -0.911. The number of anilines is 1. The number of amides is 4. The predicted octanol–water partition coefficient (Wildman–Crippen LogP) is 2.89. The van der Waals surface area contributed by atoms with Gasteiger partial charge in [0.05, 0.1) is 39.5 Å². The third-order valence-electron chi connectivity index (χ3n) is 6.10. The van der Waals surface area contributed by atoms with E-state index >= 15 is 0 Å². The normalized spacial score (nSPS) is 20.1. The summed E-state index contributed by atoms with van der Waals surface area (Å²) in [6, 6.07) is 10.5. The lowest BCUT2D eigenvalue weighted by Crippen LogP contribution is -2.39. The van der Waals surface area contributed by atoms with Crippen LogP contribution in [0.25, 0.3) is 0 Å². The van der Waals surface area contributed by atoms with Crippen molar-refractivity contribution in [1.82, 2.24) is 10.2 Å². The summed E-state index contributed by atoms with van der Waals surface area (Å²) < 4.78 is 15.9. The van der Waals surface area contributed by atoms with Crippen molar-refractivity contribution < 1.29 is 28.6 Å². The van der Waals surface area contributed by atoms with Gasteiger partial charge in [0.2, 0.25) is 5.91 Å². The van der Waals surface area contributed by atoms with Crippen molar-refractivity contribution in [2.45, 2.75) is 31.3 Å². The zero-order valence-electron chi connectivity index (χ0n) is 18.9. The largest absolute Gasteiger partial charge is 0.497 e. The molecule has 4 amide bonds. The van der Waals surface area contributed by atoms with Crippen molar-refractivity contribution in [3.8, 4) is 17.2 Å². The van der Waals surface area contributed by atoms with Crippen LogP contribution in [0.15, 0.2) is 42.5 Å². The van der Waals surface area contributed by atoms with Gasteiger partial charge in [-0.1, -0.05) is 0 Å². The average molecular weight is 453 g/mol. The SMILES string of the molecule is COc1ccc(N2C(=O)N[C@@H](CC(=O)N3CCCC3c3ccc(OC)cc3OC)C2=O)cc1. The molecule has 2 heterocycles. The second kappa shape index (κ2) is 9.40. The number of hydrogen-bond donors (Lipinski definition) is 1. The van der Waals surface area contributed by atoms with E-state index in [-0.39, 0.29) is 18.4 Å². The highest BCUT2D eigenvalue weighted by molar-refractivity contribution is 6.22. The number of rotatable bonds is 7. The molecule has 0 saturated carbocycles. The smallest absolute Gasteiger partial charge is 0.329 e. The molecule has 0 radical (unpaired) electrons. The lowest BCUT2D eigenvalue weighted by molar-refractivity contribution is -0.134. The topological polar surface area (TPSA) is 97.4 Å². The van der Waals surface area contributed by atoms with Crippen molar-refractivity contribution in [2.75, 3.05) is 32.8 Å². The highest BCUT2D eigenvalue weighted by Crippen LogP contribution is 2.39. The van der Waals surface area contributed by atoms with Crippen LogP contribution >= 0.6 is 0 Å². The number of nitrogens with one attached hydrogen (secondary N) is 1. The van der Waals surface area contributed by atoms with Crippen LogP contribution in [-0.2, 0) is 9.59 Å².